The van der Waals surface area contributed by atoms with E-state index in [4.69, 9.17) is 0 Å². The number of rotatable bonds is 3. The van der Waals surface area contributed by atoms with Crippen LogP contribution in [0.15, 0.2) is 35.5 Å². The Bertz CT molecular complexity index is 590. The average molecular weight is 321 g/mol. The van der Waals surface area contributed by atoms with E-state index < -0.39 is 33.1 Å². The van der Waals surface area contributed by atoms with Crippen LogP contribution >= 0.6 is 0 Å². The fraction of sp³-hybridized carbons (Fsp3) is 0.222. The van der Waals surface area contributed by atoms with Gasteiger partial charge >= 0.3 is 21.8 Å². The number of hydrogen-bond donors (Lipinski definition) is 0. The lowest BCUT2D eigenvalue weighted by Gasteiger charge is -2.10. The van der Waals surface area contributed by atoms with E-state index >= 15 is 0 Å². The molecule has 0 saturated carbocycles. The summed E-state index contributed by atoms with van der Waals surface area (Å²) in [5.74, 6) is 0. The number of hydrogen-bond acceptors (Lipinski definition) is 4. The van der Waals surface area contributed by atoms with E-state index in [1.807, 2.05) is 0 Å². The zero-order chi connectivity index (χ0) is 15.6. The first-order valence-corrected chi connectivity index (χ1v) is 6.06. The average Bonchev–Trinajstić information content (AvgIpc) is 2.27. The normalized spacial score (nSPS) is 14.2. The van der Waals surface area contributed by atoms with Gasteiger partial charge in [-0.1, -0.05) is 35.5 Å². The molecule has 0 atom stereocenters. The molecule has 0 N–H and O–H groups in total. The number of nitrogens with zero attached hydrogens (tertiary/aromatic N) is 1. The van der Waals surface area contributed by atoms with Crippen molar-refractivity contribution in [3.63, 3.8) is 0 Å². The molecule has 0 aliphatic heterocycles. The lowest BCUT2D eigenvalue weighted by Crippen LogP contribution is -2.28. The van der Waals surface area contributed by atoms with Gasteiger partial charge in [0, 0.05) is 5.56 Å². The molecule has 0 spiro atoms. The Balaban J connectivity index is 3.19. The third kappa shape index (κ3) is 3.85. The second-order valence-corrected chi connectivity index (χ2v) is 4.80. The Morgan fingerprint density at radius 3 is 1.90 bits per heavy atom. The Hall–Kier alpha value is -1.78. The summed E-state index contributed by atoms with van der Waals surface area (Å²) in [7, 11) is -6.25. The van der Waals surface area contributed by atoms with Crippen LogP contribution in [0.3, 0.4) is 0 Å². The second-order valence-electron chi connectivity index (χ2n) is 3.28. The minimum atomic E-state index is -6.25. The summed E-state index contributed by atoms with van der Waals surface area (Å²) in [6.45, 7) is 0. The number of benzene rings is 1. The molecule has 0 amide bonds. The molecule has 0 radical (unpaired) electrons. The molecule has 11 heteroatoms. The maximum absolute atomic E-state index is 12.6. The molecule has 0 heterocycles. The fourth-order valence-electron chi connectivity index (χ4n) is 0.993. The highest BCUT2D eigenvalue weighted by Crippen LogP contribution is 2.27. The van der Waals surface area contributed by atoms with E-state index in [0.29, 0.717) is 0 Å². The van der Waals surface area contributed by atoms with Crippen molar-refractivity contribution in [2.45, 2.75) is 11.7 Å². The van der Waals surface area contributed by atoms with E-state index in [9.17, 15) is 34.8 Å². The van der Waals surface area contributed by atoms with Crippen LogP contribution < -0.4 is 0 Å². The van der Waals surface area contributed by atoms with Crippen LogP contribution in [-0.4, -0.2) is 25.8 Å². The Morgan fingerprint density at radius 2 is 1.50 bits per heavy atom. The highest BCUT2D eigenvalue weighted by Gasteiger charge is 2.49. The fourth-order valence-corrected chi connectivity index (χ4v) is 1.25. The minimum absolute atomic E-state index is 0.641. The second kappa shape index (κ2) is 5.31. The lowest BCUT2D eigenvalue weighted by molar-refractivity contribution is -0.0633. The van der Waals surface area contributed by atoms with Crippen molar-refractivity contribution >= 4 is 15.8 Å². The van der Waals surface area contributed by atoms with Crippen LogP contribution in [0.1, 0.15) is 5.56 Å². The van der Waals surface area contributed by atoms with Crippen molar-refractivity contribution in [2.24, 2.45) is 5.16 Å². The zero-order valence-electron chi connectivity index (χ0n) is 9.23. The topological polar surface area (TPSA) is 55.7 Å². The molecule has 0 saturated heterocycles. The molecular weight excluding hydrogens is 316 g/mol. The Kier molecular flexibility index (Phi) is 4.32. The number of halogens is 6. The molecule has 20 heavy (non-hydrogen) atoms. The predicted molar refractivity (Wildman–Crippen MR) is 55.1 cm³/mol. The summed E-state index contributed by atoms with van der Waals surface area (Å²) in [6.07, 6.45) is -5.19. The first kappa shape index (κ1) is 16.3. The lowest BCUT2D eigenvalue weighted by atomic mass is 10.1. The van der Waals surface area contributed by atoms with Gasteiger partial charge in [0.25, 0.3) is 0 Å². The van der Waals surface area contributed by atoms with Gasteiger partial charge in [0.05, 0.1) is 0 Å². The molecular formula is C9H5F6NO3S. The van der Waals surface area contributed by atoms with Crippen molar-refractivity contribution in [1.29, 1.82) is 0 Å². The van der Waals surface area contributed by atoms with Crippen molar-refractivity contribution in [2.75, 3.05) is 0 Å². The molecule has 1 aromatic carbocycles. The summed E-state index contributed by atoms with van der Waals surface area (Å²) >= 11 is 0. The van der Waals surface area contributed by atoms with Crippen LogP contribution in [0.5, 0.6) is 0 Å². The smallest absolute Gasteiger partial charge is 0.261 e. The van der Waals surface area contributed by atoms with Crippen LogP contribution in [-0.2, 0) is 14.4 Å². The van der Waals surface area contributed by atoms with E-state index in [0.717, 1.165) is 24.3 Å². The largest absolute Gasteiger partial charge is 0.536 e. The van der Waals surface area contributed by atoms with Gasteiger partial charge in [-0.3, -0.25) is 4.28 Å². The van der Waals surface area contributed by atoms with Crippen molar-refractivity contribution in [1.82, 2.24) is 0 Å². The molecule has 0 aromatic heterocycles. The highest BCUT2D eigenvalue weighted by molar-refractivity contribution is 7.87. The SMILES string of the molecule is O=S(=O)(O/N=C(/c1ccccc1)C(F)(F)F)C(F)(F)F. The van der Waals surface area contributed by atoms with Crippen molar-refractivity contribution < 1.29 is 39.0 Å². The van der Waals surface area contributed by atoms with E-state index in [1.54, 1.807) is 0 Å². The highest BCUT2D eigenvalue weighted by atomic mass is 32.2. The molecule has 0 fully saturated rings. The third-order valence-electron chi connectivity index (χ3n) is 1.83. The summed E-state index contributed by atoms with van der Waals surface area (Å²) < 4.78 is 97.6. The molecule has 0 aliphatic rings. The molecule has 4 nitrogen and oxygen atoms in total. The molecule has 0 bridgehead atoms. The van der Waals surface area contributed by atoms with E-state index in [-0.39, 0.29) is 0 Å². The van der Waals surface area contributed by atoms with Gasteiger partial charge in [-0.25, -0.2) is 0 Å². The van der Waals surface area contributed by atoms with Gasteiger partial charge in [0.1, 0.15) is 0 Å². The van der Waals surface area contributed by atoms with E-state index in [1.165, 1.54) is 6.07 Å². The van der Waals surface area contributed by atoms with Crippen LogP contribution in [0, 0.1) is 0 Å². The molecule has 1 aromatic rings. The monoisotopic (exact) mass is 321 g/mol. The predicted octanol–water partition coefficient (Wildman–Crippen LogP) is 2.82. The van der Waals surface area contributed by atoms with Gasteiger partial charge in [0.2, 0.25) is 0 Å². The summed E-state index contributed by atoms with van der Waals surface area (Å²) in [5, 5.41) is 2.09. The van der Waals surface area contributed by atoms with Crippen molar-refractivity contribution in [3.05, 3.63) is 35.9 Å². The standard InChI is InChI=1S/C9H5F6NO3S/c10-8(11,12)7(6-4-2-1-3-5-6)16-19-20(17,18)9(13,14)15/h1-5H/b16-7-. The third-order valence-corrected chi connectivity index (χ3v) is 2.66. The van der Waals surface area contributed by atoms with Gasteiger partial charge in [0.15, 0.2) is 5.71 Å². The van der Waals surface area contributed by atoms with Crippen LogP contribution in [0.4, 0.5) is 26.3 Å². The maximum Gasteiger partial charge on any atom is 0.536 e. The number of alkyl halides is 6. The number of oxime groups is 1. The van der Waals surface area contributed by atoms with Crippen LogP contribution in [0.2, 0.25) is 0 Å². The zero-order valence-corrected chi connectivity index (χ0v) is 10.1. The van der Waals surface area contributed by atoms with Gasteiger partial charge in [-0.2, -0.15) is 34.8 Å². The van der Waals surface area contributed by atoms with Gasteiger partial charge in [-0.15, -0.1) is 0 Å². The van der Waals surface area contributed by atoms with Gasteiger partial charge in [-0.05, 0) is 0 Å². The van der Waals surface area contributed by atoms with Gasteiger partial charge < -0.3 is 0 Å². The summed E-state index contributed by atoms with van der Waals surface area (Å²) in [6, 6.07) is 5.44. The first-order chi connectivity index (χ1) is 8.95. The maximum atomic E-state index is 12.6. The molecule has 1 rings (SSSR count). The Labute approximate surface area is 108 Å². The quantitative estimate of drug-likeness (QED) is 0.372. The minimum Gasteiger partial charge on any atom is -0.261 e. The molecule has 112 valence electrons. The summed E-state index contributed by atoms with van der Waals surface area (Å²) in [5.41, 5.74) is -8.41. The molecule has 0 unspecified atom stereocenters. The first-order valence-electron chi connectivity index (χ1n) is 4.65. The van der Waals surface area contributed by atoms with Crippen molar-refractivity contribution in [3.8, 4) is 0 Å². The summed E-state index contributed by atoms with van der Waals surface area (Å²) in [4.78, 5) is 0. The Morgan fingerprint density at radius 1 is 1.00 bits per heavy atom. The molecule has 0 aliphatic carbocycles. The van der Waals surface area contributed by atoms with Crippen LogP contribution in [0.25, 0.3) is 0 Å². The van der Waals surface area contributed by atoms with E-state index in [2.05, 4.69) is 9.44 Å².